The SMILES string of the molecule is Cc1ccc(C2(c3ccccc3F)CCC(=O)CC2)cc1. The summed E-state index contributed by atoms with van der Waals surface area (Å²) in [6.45, 7) is 2.05. The van der Waals surface area contributed by atoms with Crippen molar-refractivity contribution in [2.45, 2.75) is 38.0 Å². The number of Topliss-reactive ketones (excluding diaryl/α,β-unsaturated/α-hetero) is 1. The highest BCUT2D eigenvalue weighted by molar-refractivity contribution is 5.80. The fourth-order valence-electron chi connectivity index (χ4n) is 3.39. The van der Waals surface area contributed by atoms with Gasteiger partial charge >= 0.3 is 0 Å². The molecule has 1 fully saturated rings. The second kappa shape index (κ2) is 5.44. The van der Waals surface area contributed by atoms with E-state index >= 15 is 0 Å². The highest BCUT2D eigenvalue weighted by Crippen LogP contribution is 2.44. The molecule has 1 aliphatic rings. The zero-order valence-electron chi connectivity index (χ0n) is 12.2. The number of hydrogen-bond acceptors (Lipinski definition) is 1. The normalized spacial score (nSPS) is 17.7. The molecular weight excluding hydrogens is 263 g/mol. The number of rotatable bonds is 2. The van der Waals surface area contributed by atoms with Gasteiger partial charge in [-0.25, -0.2) is 4.39 Å². The minimum absolute atomic E-state index is 0.174. The smallest absolute Gasteiger partial charge is 0.133 e. The average Bonchev–Trinajstić information content (AvgIpc) is 2.50. The Morgan fingerprint density at radius 2 is 1.57 bits per heavy atom. The molecule has 0 aromatic heterocycles. The van der Waals surface area contributed by atoms with E-state index in [1.165, 1.54) is 11.6 Å². The van der Waals surface area contributed by atoms with E-state index < -0.39 is 0 Å². The summed E-state index contributed by atoms with van der Waals surface area (Å²) < 4.78 is 14.4. The van der Waals surface area contributed by atoms with E-state index in [-0.39, 0.29) is 17.0 Å². The lowest BCUT2D eigenvalue weighted by atomic mass is 9.65. The lowest BCUT2D eigenvalue weighted by Crippen LogP contribution is -2.34. The molecule has 0 N–H and O–H groups in total. The lowest BCUT2D eigenvalue weighted by molar-refractivity contribution is -0.121. The molecular formula is C19H19FO. The van der Waals surface area contributed by atoms with Crippen molar-refractivity contribution in [1.82, 2.24) is 0 Å². The second-order valence-electron chi connectivity index (χ2n) is 5.97. The first-order chi connectivity index (χ1) is 10.1. The summed E-state index contributed by atoms with van der Waals surface area (Å²) >= 11 is 0. The molecule has 0 atom stereocenters. The molecule has 1 aliphatic carbocycles. The quantitative estimate of drug-likeness (QED) is 0.789. The number of hydrogen-bond donors (Lipinski definition) is 0. The molecule has 2 aromatic carbocycles. The van der Waals surface area contributed by atoms with E-state index in [1.54, 1.807) is 6.07 Å². The first kappa shape index (κ1) is 14.0. The maximum Gasteiger partial charge on any atom is 0.133 e. The maximum absolute atomic E-state index is 14.4. The van der Waals surface area contributed by atoms with Gasteiger partial charge < -0.3 is 0 Å². The summed E-state index contributed by atoms with van der Waals surface area (Å²) in [4.78, 5) is 11.7. The van der Waals surface area contributed by atoms with Crippen molar-refractivity contribution in [1.29, 1.82) is 0 Å². The van der Waals surface area contributed by atoms with Crippen LogP contribution >= 0.6 is 0 Å². The van der Waals surface area contributed by atoms with Gasteiger partial charge in [-0.15, -0.1) is 0 Å². The molecule has 0 spiro atoms. The van der Waals surface area contributed by atoms with Crippen molar-refractivity contribution in [3.63, 3.8) is 0 Å². The Hall–Kier alpha value is -1.96. The van der Waals surface area contributed by atoms with Crippen molar-refractivity contribution < 1.29 is 9.18 Å². The summed E-state index contributed by atoms with van der Waals surface area (Å²) in [5, 5.41) is 0. The number of carbonyl (C=O) groups excluding carboxylic acids is 1. The van der Waals surface area contributed by atoms with Crippen LogP contribution in [0.3, 0.4) is 0 Å². The van der Waals surface area contributed by atoms with Crippen LogP contribution in [0.2, 0.25) is 0 Å². The Kier molecular flexibility index (Phi) is 3.62. The van der Waals surface area contributed by atoms with Gasteiger partial charge in [0.05, 0.1) is 0 Å². The third kappa shape index (κ3) is 2.51. The van der Waals surface area contributed by atoms with E-state index in [4.69, 9.17) is 0 Å². The zero-order chi connectivity index (χ0) is 14.9. The van der Waals surface area contributed by atoms with Crippen LogP contribution in [0.4, 0.5) is 4.39 Å². The summed E-state index contributed by atoms with van der Waals surface area (Å²) in [6.07, 6.45) is 2.44. The fraction of sp³-hybridized carbons (Fsp3) is 0.316. The van der Waals surface area contributed by atoms with E-state index in [2.05, 4.69) is 24.3 Å². The lowest BCUT2D eigenvalue weighted by Gasteiger charge is -2.38. The van der Waals surface area contributed by atoms with E-state index in [0.29, 0.717) is 25.7 Å². The largest absolute Gasteiger partial charge is 0.300 e. The van der Waals surface area contributed by atoms with Crippen LogP contribution in [0.5, 0.6) is 0 Å². The Morgan fingerprint density at radius 3 is 2.19 bits per heavy atom. The molecule has 21 heavy (non-hydrogen) atoms. The molecule has 0 aliphatic heterocycles. The maximum atomic E-state index is 14.4. The number of benzene rings is 2. The number of carbonyl (C=O) groups is 1. The molecule has 2 heteroatoms. The number of aryl methyl sites for hydroxylation is 1. The third-order valence-electron chi connectivity index (χ3n) is 4.65. The highest BCUT2D eigenvalue weighted by Gasteiger charge is 2.39. The zero-order valence-corrected chi connectivity index (χ0v) is 12.2. The predicted molar refractivity (Wildman–Crippen MR) is 81.8 cm³/mol. The first-order valence-electron chi connectivity index (χ1n) is 7.46. The van der Waals surface area contributed by atoms with Crippen molar-refractivity contribution in [2.24, 2.45) is 0 Å². The van der Waals surface area contributed by atoms with E-state index in [0.717, 1.165) is 11.1 Å². The molecule has 0 radical (unpaired) electrons. The van der Waals surface area contributed by atoms with Crippen LogP contribution in [-0.4, -0.2) is 5.78 Å². The van der Waals surface area contributed by atoms with Crippen LogP contribution in [0.25, 0.3) is 0 Å². The Bertz CT molecular complexity index is 648. The van der Waals surface area contributed by atoms with Gasteiger partial charge in [0.1, 0.15) is 11.6 Å². The summed E-state index contributed by atoms with van der Waals surface area (Å²) in [5.74, 6) is 0.112. The molecule has 2 aromatic rings. The molecule has 0 unspecified atom stereocenters. The Morgan fingerprint density at radius 1 is 0.952 bits per heavy atom. The fourth-order valence-corrected chi connectivity index (χ4v) is 3.39. The topological polar surface area (TPSA) is 17.1 Å². The van der Waals surface area contributed by atoms with Crippen LogP contribution in [0.15, 0.2) is 48.5 Å². The van der Waals surface area contributed by atoms with Crippen molar-refractivity contribution in [2.75, 3.05) is 0 Å². The highest BCUT2D eigenvalue weighted by atomic mass is 19.1. The molecule has 108 valence electrons. The van der Waals surface area contributed by atoms with Gasteiger partial charge in [-0.2, -0.15) is 0 Å². The Balaban J connectivity index is 2.14. The molecule has 0 saturated heterocycles. The van der Waals surface area contributed by atoms with Crippen LogP contribution in [0.1, 0.15) is 42.4 Å². The van der Waals surface area contributed by atoms with Crippen molar-refractivity contribution >= 4 is 5.78 Å². The molecule has 3 rings (SSSR count). The molecule has 1 nitrogen and oxygen atoms in total. The molecule has 0 amide bonds. The van der Waals surface area contributed by atoms with Gasteiger partial charge in [-0.3, -0.25) is 4.79 Å². The minimum Gasteiger partial charge on any atom is -0.300 e. The van der Waals surface area contributed by atoms with Crippen LogP contribution in [-0.2, 0) is 10.2 Å². The average molecular weight is 282 g/mol. The van der Waals surface area contributed by atoms with E-state index in [1.807, 2.05) is 19.1 Å². The van der Waals surface area contributed by atoms with Gasteiger partial charge in [0.15, 0.2) is 0 Å². The first-order valence-corrected chi connectivity index (χ1v) is 7.46. The van der Waals surface area contributed by atoms with Crippen LogP contribution < -0.4 is 0 Å². The van der Waals surface area contributed by atoms with E-state index in [9.17, 15) is 9.18 Å². The van der Waals surface area contributed by atoms with Gasteiger partial charge in [0.2, 0.25) is 0 Å². The molecule has 1 saturated carbocycles. The second-order valence-corrected chi connectivity index (χ2v) is 5.97. The Labute approximate surface area is 124 Å². The number of ketones is 1. The predicted octanol–water partition coefficient (Wildman–Crippen LogP) is 4.56. The van der Waals surface area contributed by atoms with Crippen molar-refractivity contribution in [3.8, 4) is 0 Å². The van der Waals surface area contributed by atoms with Gasteiger partial charge in [0.25, 0.3) is 0 Å². The van der Waals surface area contributed by atoms with Gasteiger partial charge in [-0.05, 0) is 37.0 Å². The van der Waals surface area contributed by atoms with Crippen LogP contribution in [0, 0.1) is 12.7 Å². The monoisotopic (exact) mass is 282 g/mol. The molecule has 0 bridgehead atoms. The minimum atomic E-state index is -0.368. The number of halogens is 1. The molecule has 0 heterocycles. The van der Waals surface area contributed by atoms with Gasteiger partial charge in [-0.1, -0.05) is 48.0 Å². The van der Waals surface area contributed by atoms with Gasteiger partial charge in [0, 0.05) is 18.3 Å². The van der Waals surface area contributed by atoms with Crippen molar-refractivity contribution in [3.05, 3.63) is 71.0 Å². The third-order valence-corrected chi connectivity index (χ3v) is 4.65. The standard InChI is InChI=1S/C19H19FO/c1-14-6-8-15(9-7-14)19(12-10-16(21)11-13-19)17-4-2-3-5-18(17)20/h2-9H,10-13H2,1H3. The summed E-state index contributed by atoms with van der Waals surface area (Å²) in [6, 6.07) is 15.3. The summed E-state index contributed by atoms with van der Waals surface area (Å²) in [7, 11) is 0. The summed E-state index contributed by atoms with van der Waals surface area (Å²) in [5.41, 5.74) is 2.66.